The first-order valence-electron chi connectivity index (χ1n) is 2.86. The molecule has 0 bridgehead atoms. The first kappa shape index (κ1) is 4.61. The first-order chi connectivity index (χ1) is 4.47. The summed E-state index contributed by atoms with van der Waals surface area (Å²) in [5.74, 6) is 0. The fraction of sp³-hybridized carbons (Fsp3) is 0.167. The highest BCUT2D eigenvalue weighted by Crippen LogP contribution is 2.10. The van der Waals surface area contributed by atoms with Crippen LogP contribution < -0.4 is 5.32 Å². The van der Waals surface area contributed by atoms with E-state index in [1.54, 1.807) is 0 Å². The smallest absolute Gasteiger partial charge is 0.114 e. The molecular formula is C6H7N3. The maximum atomic E-state index is 4.07. The summed E-state index contributed by atoms with van der Waals surface area (Å²) in [6.07, 6.45) is 7.65. The van der Waals surface area contributed by atoms with Crippen LogP contribution >= 0.6 is 0 Å². The van der Waals surface area contributed by atoms with Crippen LogP contribution in [0.5, 0.6) is 0 Å². The van der Waals surface area contributed by atoms with Gasteiger partial charge in [0.15, 0.2) is 0 Å². The third-order valence-electron chi connectivity index (χ3n) is 1.37. The number of nitrogens with zero attached hydrogens (tertiary/aromatic N) is 2. The van der Waals surface area contributed by atoms with Crippen molar-refractivity contribution in [3.63, 3.8) is 0 Å². The summed E-state index contributed by atoms with van der Waals surface area (Å²) in [4.78, 5) is 6.14. The molecule has 0 saturated heterocycles. The molecule has 2 aliphatic rings. The SMILES string of the molecule is C1=CN2CN=CC2=CN1. The van der Waals surface area contributed by atoms with Gasteiger partial charge in [0.1, 0.15) is 6.67 Å². The molecule has 0 saturated carbocycles. The fourth-order valence-electron chi connectivity index (χ4n) is 0.898. The molecular weight excluding hydrogens is 114 g/mol. The Hall–Kier alpha value is -1.25. The summed E-state index contributed by atoms with van der Waals surface area (Å²) >= 11 is 0. The zero-order valence-corrected chi connectivity index (χ0v) is 4.91. The molecule has 0 amide bonds. The Balaban J connectivity index is 2.29. The standard InChI is InChI=1S/C6H7N3/c1-2-9-5-8-4-6(9)3-7-1/h1-4,7H,5H2. The molecule has 0 radical (unpaired) electrons. The van der Waals surface area contributed by atoms with Gasteiger partial charge < -0.3 is 10.2 Å². The topological polar surface area (TPSA) is 27.6 Å². The van der Waals surface area contributed by atoms with Gasteiger partial charge in [0.05, 0.1) is 5.70 Å². The Bertz CT molecular complexity index is 202. The van der Waals surface area contributed by atoms with Crippen molar-refractivity contribution >= 4 is 6.21 Å². The number of fused-ring (bicyclic) bond motifs is 1. The van der Waals surface area contributed by atoms with Crippen LogP contribution in [0.15, 0.2) is 29.3 Å². The molecule has 3 heteroatoms. The van der Waals surface area contributed by atoms with Crippen LogP contribution in [-0.4, -0.2) is 17.8 Å². The molecule has 0 atom stereocenters. The van der Waals surface area contributed by atoms with Crippen molar-refractivity contribution in [1.82, 2.24) is 10.2 Å². The number of nitrogens with one attached hydrogen (secondary N) is 1. The highest BCUT2D eigenvalue weighted by Gasteiger charge is 2.10. The van der Waals surface area contributed by atoms with Gasteiger partial charge in [-0.15, -0.1) is 0 Å². The molecule has 9 heavy (non-hydrogen) atoms. The first-order valence-corrected chi connectivity index (χ1v) is 2.86. The van der Waals surface area contributed by atoms with Gasteiger partial charge in [0.2, 0.25) is 0 Å². The Labute approximate surface area is 53.4 Å². The third-order valence-corrected chi connectivity index (χ3v) is 1.37. The number of hydrogen-bond acceptors (Lipinski definition) is 3. The Morgan fingerprint density at radius 1 is 1.67 bits per heavy atom. The van der Waals surface area contributed by atoms with E-state index >= 15 is 0 Å². The minimum atomic E-state index is 0.768. The molecule has 1 N–H and O–H groups in total. The molecule has 0 spiro atoms. The van der Waals surface area contributed by atoms with Crippen molar-refractivity contribution in [2.45, 2.75) is 0 Å². The molecule has 2 aliphatic heterocycles. The van der Waals surface area contributed by atoms with Gasteiger partial charge in [-0.1, -0.05) is 0 Å². The van der Waals surface area contributed by atoms with Crippen LogP contribution in [0.25, 0.3) is 0 Å². The lowest BCUT2D eigenvalue weighted by molar-refractivity contribution is 0.515. The predicted octanol–water partition coefficient (Wildman–Crippen LogP) is 0.246. The van der Waals surface area contributed by atoms with Crippen LogP contribution in [0.3, 0.4) is 0 Å². The van der Waals surface area contributed by atoms with Crippen molar-refractivity contribution in [3.05, 3.63) is 24.3 Å². The Kier molecular flexibility index (Phi) is 0.828. The van der Waals surface area contributed by atoms with Crippen molar-refractivity contribution in [2.75, 3.05) is 6.67 Å². The lowest BCUT2D eigenvalue weighted by Crippen LogP contribution is -2.18. The maximum absolute atomic E-state index is 4.07. The van der Waals surface area contributed by atoms with Gasteiger partial charge in [0, 0.05) is 24.8 Å². The monoisotopic (exact) mass is 121 g/mol. The van der Waals surface area contributed by atoms with Gasteiger partial charge in [0.25, 0.3) is 0 Å². The van der Waals surface area contributed by atoms with E-state index < -0.39 is 0 Å². The molecule has 0 aliphatic carbocycles. The summed E-state index contributed by atoms with van der Waals surface area (Å²) in [5.41, 5.74) is 1.14. The lowest BCUT2D eigenvalue weighted by atomic mass is 10.4. The van der Waals surface area contributed by atoms with E-state index in [-0.39, 0.29) is 0 Å². The van der Waals surface area contributed by atoms with E-state index in [0.717, 1.165) is 12.4 Å². The van der Waals surface area contributed by atoms with Crippen molar-refractivity contribution in [2.24, 2.45) is 4.99 Å². The predicted molar refractivity (Wildman–Crippen MR) is 35.6 cm³/mol. The Morgan fingerprint density at radius 3 is 3.56 bits per heavy atom. The second kappa shape index (κ2) is 1.62. The fourth-order valence-corrected chi connectivity index (χ4v) is 0.898. The minimum absolute atomic E-state index is 0.768. The molecule has 2 heterocycles. The quantitative estimate of drug-likeness (QED) is 0.497. The molecule has 0 unspecified atom stereocenters. The van der Waals surface area contributed by atoms with Crippen LogP contribution in [0.1, 0.15) is 0 Å². The van der Waals surface area contributed by atoms with Gasteiger partial charge in [-0.3, -0.25) is 4.99 Å². The molecule has 0 aromatic heterocycles. The second-order valence-corrected chi connectivity index (χ2v) is 1.97. The highest BCUT2D eigenvalue weighted by atomic mass is 15.2. The Morgan fingerprint density at radius 2 is 2.67 bits per heavy atom. The average molecular weight is 121 g/mol. The van der Waals surface area contributed by atoms with Crippen LogP contribution in [0, 0.1) is 0 Å². The largest absolute Gasteiger partial charge is 0.365 e. The number of aliphatic imine (C=N–C) groups is 1. The van der Waals surface area contributed by atoms with Crippen molar-refractivity contribution in [3.8, 4) is 0 Å². The van der Waals surface area contributed by atoms with E-state index in [9.17, 15) is 0 Å². The molecule has 2 rings (SSSR count). The van der Waals surface area contributed by atoms with E-state index in [1.807, 2.05) is 24.8 Å². The summed E-state index contributed by atoms with van der Waals surface area (Å²) in [5, 5.41) is 2.98. The maximum Gasteiger partial charge on any atom is 0.114 e. The summed E-state index contributed by atoms with van der Waals surface area (Å²) < 4.78 is 0. The van der Waals surface area contributed by atoms with Crippen LogP contribution in [0.4, 0.5) is 0 Å². The normalized spacial score (nSPS) is 21.3. The number of rotatable bonds is 0. The van der Waals surface area contributed by atoms with Crippen molar-refractivity contribution < 1.29 is 0 Å². The lowest BCUT2D eigenvalue weighted by Gasteiger charge is -2.15. The molecule has 0 fully saturated rings. The van der Waals surface area contributed by atoms with Crippen LogP contribution in [-0.2, 0) is 0 Å². The molecule has 0 aromatic carbocycles. The number of allylic oxidation sites excluding steroid dienone is 1. The van der Waals surface area contributed by atoms with Gasteiger partial charge in [-0.2, -0.15) is 0 Å². The average Bonchev–Trinajstić information content (AvgIpc) is 2.33. The highest BCUT2D eigenvalue weighted by molar-refractivity contribution is 5.80. The second-order valence-electron chi connectivity index (χ2n) is 1.97. The molecule has 46 valence electrons. The van der Waals surface area contributed by atoms with E-state index in [1.165, 1.54) is 0 Å². The van der Waals surface area contributed by atoms with Gasteiger partial charge >= 0.3 is 0 Å². The zero-order chi connectivity index (χ0) is 6.10. The minimum Gasteiger partial charge on any atom is -0.365 e. The number of hydrogen-bond donors (Lipinski definition) is 1. The molecule has 0 aromatic rings. The van der Waals surface area contributed by atoms with Crippen molar-refractivity contribution in [1.29, 1.82) is 0 Å². The van der Waals surface area contributed by atoms with Crippen LogP contribution in [0.2, 0.25) is 0 Å². The third kappa shape index (κ3) is 0.614. The summed E-state index contributed by atoms with van der Waals surface area (Å²) in [6, 6.07) is 0. The van der Waals surface area contributed by atoms with E-state index in [2.05, 4.69) is 15.2 Å². The van der Waals surface area contributed by atoms with Gasteiger partial charge in [-0.25, -0.2) is 0 Å². The van der Waals surface area contributed by atoms with E-state index in [0.29, 0.717) is 0 Å². The zero-order valence-electron chi connectivity index (χ0n) is 4.91. The van der Waals surface area contributed by atoms with E-state index in [4.69, 9.17) is 0 Å². The summed E-state index contributed by atoms with van der Waals surface area (Å²) in [6.45, 7) is 0.768. The van der Waals surface area contributed by atoms with Gasteiger partial charge in [-0.05, 0) is 0 Å². The summed E-state index contributed by atoms with van der Waals surface area (Å²) in [7, 11) is 0. The molecule has 3 nitrogen and oxygen atoms in total.